The third-order valence-corrected chi connectivity index (χ3v) is 5.77. The summed E-state index contributed by atoms with van der Waals surface area (Å²) in [5.74, 6) is -0.275. The van der Waals surface area contributed by atoms with Crippen molar-refractivity contribution in [1.82, 2.24) is 24.3 Å². The first-order valence-corrected chi connectivity index (χ1v) is 10.3. The fourth-order valence-corrected chi connectivity index (χ4v) is 3.79. The van der Waals surface area contributed by atoms with Crippen molar-refractivity contribution in [3.05, 3.63) is 54.0 Å². The molecule has 1 saturated heterocycles. The molecule has 3 aromatic rings. The van der Waals surface area contributed by atoms with Crippen LogP contribution in [0.25, 0.3) is 11.2 Å². The van der Waals surface area contributed by atoms with Gasteiger partial charge in [0.25, 0.3) is 11.8 Å². The lowest BCUT2D eigenvalue weighted by atomic mass is 10.1. The van der Waals surface area contributed by atoms with Crippen LogP contribution in [0.2, 0.25) is 0 Å². The van der Waals surface area contributed by atoms with Gasteiger partial charge in [-0.1, -0.05) is 6.07 Å². The van der Waals surface area contributed by atoms with Gasteiger partial charge in [-0.25, -0.2) is 9.97 Å². The van der Waals surface area contributed by atoms with Crippen LogP contribution >= 0.6 is 0 Å². The summed E-state index contributed by atoms with van der Waals surface area (Å²) in [7, 11) is 2.06. The third-order valence-electron chi connectivity index (χ3n) is 5.77. The highest BCUT2D eigenvalue weighted by Crippen LogP contribution is 2.36. The Kier molecular flexibility index (Phi) is 4.71. The van der Waals surface area contributed by atoms with Crippen molar-refractivity contribution in [2.24, 2.45) is 0 Å². The number of rotatable bonds is 4. The second kappa shape index (κ2) is 7.53. The van der Waals surface area contributed by atoms with E-state index < -0.39 is 0 Å². The van der Waals surface area contributed by atoms with Gasteiger partial charge in [0.2, 0.25) is 0 Å². The molecule has 2 aromatic heterocycles. The Bertz CT molecular complexity index is 1110. The molecule has 1 aliphatic heterocycles. The number of nitrogens with one attached hydrogen (secondary N) is 1. The first kappa shape index (κ1) is 18.7. The number of pyridine rings is 1. The summed E-state index contributed by atoms with van der Waals surface area (Å²) in [6, 6.07) is 9.34. The first-order valence-electron chi connectivity index (χ1n) is 10.3. The number of amides is 2. The number of imidazole rings is 1. The first-order chi connectivity index (χ1) is 14.6. The summed E-state index contributed by atoms with van der Waals surface area (Å²) in [5.41, 5.74) is 3.14. The maximum atomic E-state index is 12.8. The van der Waals surface area contributed by atoms with Gasteiger partial charge in [-0.2, -0.15) is 0 Å². The lowest BCUT2D eigenvalue weighted by Gasteiger charge is -2.32. The molecule has 1 aliphatic carbocycles. The van der Waals surface area contributed by atoms with Gasteiger partial charge in [-0.05, 0) is 44.2 Å². The second-order valence-electron chi connectivity index (χ2n) is 8.08. The molecule has 1 aromatic carbocycles. The Morgan fingerprint density at radius 1 is 1.03 bits per heavy atom. The Balaban J connectivity index is 1.30. The topological polar surface area (TPSA) is 83.4 Å². The quantitative estimate of drug-likeness (QED) is 0.722. The van der Waals surface area contributed by atoms with Crippen LogP contribution in [0.5, 0.6) is 0 Å². The molecule has 1 N–H and O–H groups in total. The van der Waals surface area contributed by atoms with E-state index in [1.807, 2.05) is 4.90 Å². The number of hydrogen-bond acceptors (Lipinski definition) is 5. The number of carbonyl (C=O) groups is 2. The molecule has 1 saturated carbocycles. The van der Waals surface area contributed by atoms with Crippen LogP contribution in [0.4, 0.5) is 5.69 Å². The zero-order valence-electron chi connectivity index (χ0n) is 16.9. The van der Waals surface area contributed by atoms with Gasteiger partial charge in [-0.3, -0.25) is 9.59 Å². The van der Waals surface area contributed by atoms with Gasteiger partial charge < -0.3 is 19.7 Å². The Labute approximate surface area is 174 Å². The van der Waals surface area contributed by atoms with E-state index in [-0.39, 0.29) is 11.8 Å². The lowest BCUT2D eigenvalue weighted by molar-refractivity contribution is 0.0664. The van der Waals surface area contributed by atoms with E-state index in [0.29, 0.717) is 41.5 Å². The van der Waals surface area contributed by atoms with Crippen molar-refractivity contribution in [3.63, 3.8) is 0 Å². The number of carbonyl (C=O) groups excluding carboxylic acids is 2. The maximum Gasteiger partial charge on any atom is 0.257 e. The summed E-state index contributed by atoms with van der Waals surface area (Å²) in [5, 5.41) is 2.88. The molecular weight excluding hydrogens is 380 g/mol. The SMILES string of the molecule is CN1CCN(C(=O)c2cccc(NC(=O)c3cnc4c(c3)ncn4C3CC3)c2)CC1. The molecule has 3 heterocycles. The summed E-state index contributed by atoms with van der Waals surface area (Å²) in [4.78, 5) is 38.4. The molecule has 0 atom stereocenters. The van der Waals surface area contributed by atoms with Crippen LogP contribution in [0, 0.1) is 0 Å². The average Bonchev–Trinajstić information content (AvgIpc) is 3.52. The van der Waals surface area contributed by atoms with Gasteiger partial charge >= 0.3 is 0 Å². The van der Waals surface area contributed by atoms with E-state index in [0.717, 1.165) is 31.6 Å². The molecule has 0 spiro atoms. The fourth-order valence-electron chi connectivity index (χ4n) is 3.79. The minimum Gasteiger partial charge on any atom is -0.336 e. The van der Waals surface area contributed by atoms with E-state index in [1.54, 1.807) is 42.9 Å². The number of piperazine rings is 1. The molecule has 2 fully saturated rings. The normalized spacial score (nSPS) is 17.3. The summed E-state index contributed by atoms with van der Waals surface area (Å²) in [6.07, 6.45) is 5.68. The number of anilines is 1. The average molecular weight is 404 g/mol. The van der Waals surface area contributed by atoms with Crippen molar-refractivity contribution in [2.45, 2.75) is 18.9 Å². The Morgan fingerprint density at radius 3 is 2.60 bits per heavy atom. The molecule has 0 bridgehead atoms. The molecule has 30 heavy (non-hydrogen) atoms. The molecule has 0 unspecified atom stereocenters. The minimum atomic E-state index is -0.269. The predicted octanol–water partition coefficient (Wildman–Crippen LogP) is 2.41. The number of nitrogens with zero attached hydrogens (tertiary/aromatic N) is 5. The molecule has 8 heteroatoms. The largest absolute Gasteiger partial charge is 0.336 e. The van der Waals surface area contributed by atoms with E-state index in [9.17, 15) is 9.59 Å². The van der Waals surface area contributed by atoms with Crippen LogP contribution in [0.1, 0.15) is 39.6 Å². The number of likely N-dealkylation sites (N-methyl/N-ethyl adjacent to an activating group) is 1. The molecule has 154 valence electrons. The highest BCUT2D eigenvalue weighted by atomic mass is 16.2. The number of aromatic nitrogens is 3. The highest BCUT2D eigenvalue weighted by Gasteiger charge is 2.26. The van der Waals surface area contributed by atoms with Gasteiger partial charge in [0.15, 0.2) is 5.65 Å². The van der Waals surface area contributed by atoms with Crippen molar-refractivity contribution in [3.8, 4) is 0 Å². The van der Waals surface area contributed by atoms with E-state index in [1.165, 1.54) is 0 Å². The number of hydrogen-bond donors (Lipinski definition) is 1. The zero-order valence-corrected chi connectivity index (χ0v) is 16.9. The van der Waals surface area contributed by atoms with Crippen LogP contribution in [-0.2, 0) is 0 Å². The zero-order chi connectivity index (χ0) is 20.7. The monoisotopic (exact) mass is 404 g/mol. The molecule has 2 aliphatic rings. The fraction of sp³-hybridized carbons (Fsp3) is 0.364. The molecule has 8 nitrogen and oxygen atoms in total. The van der Waals surface area contributed by atoms with Crippen LogP contribution in [0.15, 0.2) is 42.9 Å². The van der Waals surface area contributed by atoms with Crippen molar-refractivity contribution < 1.29 is 9.59 Å². The maximum absolute atomic E-state index is 12.8. The molecule has 5 rings (SSSR count). The molecule has 0 radical (unpaired) electrons. The van der Waals surface area contributed by atoms with E-state index >= 15 is 0 Å². The van der Waals surface area contributed by atoms with E-state index in [2.05, 4.69) is 31.8 Å². The number of fused-ring (bicyclic) bond motifs is 1. The standard InChI is InChI=1S/C22H24N6O2/c1-26-7-9-27(10-8-26)22(30)15-3-2-4-17(11-15)25-21(29)16-12-19-20(23-13-16)28(14-24-19)18-5-6-18/h2-4,11-14,18H,5-10H2,1H3,(H,25,29). The minimum absolute atomic E-state index is 0.00657. The van der Waals surface area contributed by atoms with Crippen LogP contribution in [0.3, 0.4) is 0 Å². The van der Waals surface area contributed by atoms with Crippen LogP contribution in [-0.4, -0.2) is 69.4 Å². The van der Waals surface area contributed by atoms with Gasteiger partial charge in [0.1, 0.15) is 5.52 Å². The van der Waals surface area contributed by atoms with Crippen molar-refractivity contribution in [2.75, 3.05) is 38.5 Å². The van der Waals surface area contributed by atoms with E-state index in [4.69, 9.17) is 0 Å². The lowest BCUT2D eigenvalue weighted by Crippen LogP contribution is -2.47. The van der Waals surface area contributed by atoms with Gasteiger partial charge in [0, 0.05) is 49.7 Å². The van der Waals surface area contributed by atoms with Crippen molar-refractivity contribution in [1.29, 1.82) is 0 Å². The van der Waals surface area contributed by atoms with Gasteiger partial charge in [0.05, 0.1) is 11.9 Å². The summed E-state index contributed by atoms with van der Waals surface area (Å²) >= 11 is 0. The number of benzene rings is 1. The molecule has 2 amide bonds. The van der Waals surface area contributed by atoms with Gasteiger partial charge in [-0.15, -0.1) is 0 Å². The Hall–Kier alpha value is -3.26. The second-order valence-corrected chi connectivity index (χ2v) is 8.08. The summed E-state index contributed by atoms with van der Waals surface area (Å²) in [6.45, 7) is 3.17. The van der Waals surface area contributed by atoms with Crippen LogP contribution < -0.4 is 5.32 Å². The predicted molar refractivity (Wildman–Crippen MR) is 114 cm³/mol. The van der Waals surface area contributed by atoms with Crippen molar-refractivity contribution >= 4 is 28.7 Å². The Morgan fingerprint density at radius 2 is 1.83 bits per heavy atom. The smallest absolute Gasteiger partial charge is 0.257 e. The highest BCUT2D eigenvalue weighted by molar-refractivity contribution is 6.06. The summed E-state index contributed by atoms with van der Waals surface area (Å²) < 4.78 is 2.07. The third kappa shape index (κ3) is 3.66. The molecular formula is C22H24N6O2.